The SMILES string of the molecule is C=C1[C@H](O)CC(=C/C=C2\CCC[C@]3(C)[C@@H]([C@H](C)CCC4CN4)CC[C@@H]23)C[C@H]1O. The summed E-state index contributed by atoms with van der Waals surface area (Å²) in [5.41, 5.74) is 3.81. The second-order valence-electron chi connectivity index (χ2n) is 10.3. The van der Waals surface area contributed by atoms with Crippen molar-refractivity contribution < 1.29 is 10.2 Å². The van der Waals surface area contributed by atoms with Gasteiger partial charge >= 0.3 is 0 Å². The molecule has 0 amide bonds. The summed E-state index contributed by atoms with van der Waals surface area (Å²) in [6.45, 7) is 10.1. The topological polar surface area (TPSA) is 62.4 Å². The molecule has 1 saturated heterocycles. The molecule has 1 heterocycles. The molecule has 0 aromatic carbocycles. The van der Waals surface area contributed by atoms with Crippen LogP contribution in [0.1, 0.15) is 71.6 Å². The number of hydrogen-bond acceptors (Lipinski definition) is 3. The number of nitrogens with one attached hydrogen (secondary N) is 1. The highest BCUT2D eigenvalue weighted by molar-refractivity contribution is 5.29. The van der Waals surface area contributed by atoms with E-state index < -0.39 is 12.2 Å². The van der Waals surface area contributed by atoms with Gasteiger partial charge in [-0.3, -0.25) is 0 Å². The van der Waals surface area contributed by atoms with Gasteiger partial charge in [0.05, 0.1) is 12.2 Å². The van der Waals surface area contributed by atoms with Crippen molar-refractivity contribution in [2.24, 2.45) is 23.2 Å². The molecule has 156 valence electrons. The molecule has 1 aliphatic heterocycles. The first-order valence-electron chi connectivity index (χ1n) is 11.5. The van der Waals surface area contributed by atoms with E-state index in [1.165, 1.54) is 51.5 Å². The molecule has 4 aliphatic rings. The molecule has 4 fully saturated rings. The maximum atomic E-state index is 10.1. The van der Waals surface area contributed by atoms with Crippen molar-refractivity contribution in [1.82, 2.24) is 5.32 Å². The summed E-state index contributed by atoms with van der Waals surface area (Å²) in [5.74, 6) is 2.40. The van der Waals surface area contributed by atoms with E-state index >= 15 is 0 Å². The molecule has 0 aromatic heterocycles. The molecule has 3 N–H and O–H groups in total. The molecule has 3 heteroatoms. The third-order valence-electron chi connectivity index (χ3n) is 8.49. The lowest BCUT2D eigenvalue weighted by molar-refractivity contribution is 0.0934. The number of fused-ring (bicyclic) bond motifs is 1. The Bertz CT molecular complexity index is 645. The first kappa shape index (κ1) is 20.4. The van der Waals surface area contributed by atoms with Crippen LogP contribution in [0, 0.1) is 23.2 Å². The van der Waals surface area contributed by atoms with Crippen molar-refractivity contribution in [3.05, 3.63) is 35.5 Å². The minimum atomic E-state index is -0.595. The molecule has 1 unspecified atom stereocenters. The van der Waals surface area contributed by atoms with Gasteiger partial charge in [0.2, 0.25) is 0 Å². The average molecular weight is 386 g/mol. The zero-order valence-corrected chi connectivity index (χ0v) is 17.8. The van der Waals surface area contributed by atoms with Crippen LogP contribution in [0.3, 0.4) is 0 Å². The highest BCUT2D eigenvalue weighted by atomic mass is 16.3. The standard InChI is InChI=1S/C25H39NO2/c1-16(6-9-20-15-26-20)21-10-11-22-19(5-4-12-25(21,22)3)8-7-18-13-23(27)17(2)24(28)14-18/h7-8,16,20-24,26-28H,2,4-6,9-15H2,1,3H3/b19-8+/t16-,20?,21-,22+,23-,24-,25-/m1/s1. The predicted octanol–water partition coefficient (Wildman–Crippen LogP) is 4.52. The summed E-state index contributed by atoms with van der Waals surface area (Å²) in [6.07, 6.45) is 13.9. The highest BCUT2D eigenvalue weighted by Crippen LogP contribution is 2.59. The van der Waals surface area contributed by atoms with Crippen LogP contribution in [0.25, 0.3) is 0 Å². The van der Waals surface area contributed by atoms with Gasteiger partial charge < -0.3 is 15.5 Å². The molecule has 0 radical (unpaired) electrons. The molecule has 0 spiro atoms. The molecule has 3 aliphatic carbocycles. The molecule has 28 heavy (non-hydrogen) atoms. The Morgan fingerprint density at radius 3 is 2.61 bits per heavy atom. The number of aliphatic hydroxyl groups excluding tert-OH is 2. The largest absolute Gasteiger partial charge is 0.388 e. The summed E-state index contributed by atoms with van der Waals surface area (Å²) >= 11 is 0. The van der Waals surface area contributed by atoms with E-state index in [4.69, 9.17) is 0 Å². The van der Waals surface area contributed by atoms with E-state index in [0.29, 0.717) is 23.8 Å². The second-order valence-corrected chi connectivity index (χ2v) is 10.3. The highest BCUT2D eigenvalue weighted by Gasteiger charge is 2.50. The molecular weight excluding hydrogens is 346 g/mol. The van der Waals surface area contributed by atoms with Crippen LogP contribution in [-0.4, -0.2) is 35.0 Å². The Morgan fingerprint density at radius 2 is 1.93 bits per heavy atom. The fraction of sp³-hybridized carbons (Fsp3) is 0.760. The van der Waals surface area contributed by atoms with Crippen molar-refractivity contribution in [3.63, 3.8) is 0 Å². The number of aliphatic hydroxyl groups is 2. The van der Waals surface area contributed by atoms with Crippen molar-refractivity contribution in [2.75, 3.05) is 6.54 Å². The van der Waals surface area contributed by atoms with Crippen LogP contribution in [0.15, 0.2) is 35.5 Å². The van der Waals surface area contributed by atoms with Gasteiger partial charge in [0.15, 0.2) is 0 Å². The average Bonchev–Trinajstić information content (AvgIpc) is 3.42. The van der Waals surface area contributed by atoms with E-state index in [0.717, 1.165) is 29.4 Å². The minimum absolute atomic E-state index is 0.457. The second kappa shape index (κ2) is 8.08. The molecule has 3 nitrogen and oxygen atoms in total. The monoisotopic (exact) mass is 385 g/mol. The van der Waals surface area contributed by atoms with Gasteiger partial charge in [-0.15, -0.1) is 0 Å². The normalized spacial score (nSPS) is 43.1. The zero-order valence-electron chi connectivity index (χ0n) is 17.8. The summed E-state index contributed by atoms with van der Waals surface area (Å²) in [7, 11) is 0. The minimum Gasteiger partial charge on any atom is -0.388 e. The van der Waals surface area contributed by atoms with E-state index in [9.17, 15) is 10.2 Å². The van der Waals surface area contributed by atoms with Crippen LogP contribution in [0.4, 0.5) is 0 Å². The third-order valence-corrected chi connectivity index (χ3v) is 8.49. The van der Waals surface area contributed by atoms with Crippen molar-refractivity contribution in [1.29, 1.82) is 0 Å². The van der Waals surface area contributed by atoms with Gasteiger partial charge in [0.25, 0.3) is 0 Å². The van der Waals surface area contributed by atoms with Gasteiger partial charge in [-0.25, -0.2) is 0 Å². The number of rotatable bonds is 5. The van der Waals surface area contributed by atoms with Crippen LogP contribution < -0.4 is 5.32 Å². The summed E-state index contributed by atoms with van der Waals surface area (Å²) in [6, 6.07) is 0.804. The smallest absolute Gasteiger partial charge is 0.0809 e. The Morgan fingerprint density at radius 1 is 1.21 bits per heavy atom. The quantitative estimate of drug-likeness (QED) is 0.482. The molecule has 3 saturated carbocycles. The van der Waals surface area contributed by atoms with Gasteiger partial charge in [0.1, 0.15) is 0 Å². The first-order valence-corrected chi connectivity index (χ1v) is 11.5. The maximum Gasteiger partial charge on any atom is 0.0809 e. The summed E-state index contributed by atoms with van der Waals surface area (Å²) in [4.78, 5) is 0. The Labute approximate surface area is 171 Å². The van der Waals surface area contributed by atoms with Crippen LogP contribution in [-0.2, 0) is 0 Å². The van der Waals surface area contributed by atoms with E-state index in [1.807, 2.05) is 0 Å². The molecular formula is C25H39NO2. The third kappa shape index (κ3) is 4.04. The molecule has 7 atom stereocenters. The molecule has 4 rings (SSSR count). The fourth-order valence-corrected chi connectivity index (χ4v) is 6.59. The summed E-state index contributed by atoms with van der Waals surface area (Å²) in [5, 5.41) is 23.7. The van der Waals surface area contributed by atoms with Gasteiger partial charge in [-0.1, -0.05) is 43.7 Å². The van der Waals surface area contributed by atoms with Crippen molar-refractivity contribution in [2.45, 2.75) is 89.9 Å². The van der Waals surface area contributed by atoms with E-state index in [-0.39, 0.29) is 0 Å². The van der Waals surface area contributed by atoms with Crippen molar-refractivity contribution in [3.8, 4) is 0 Å². The van der Waals surface area contributed by atoms with Crippen LogP contribution >= 0.6 is 0 Å². The van der Waals surface area contributed by atoms with Gasteiger partial charge in [-0.2, -0.15) is 0 Å². The Balaban J connectivity index is 1.45. The first-order chi connectivity index (χ1) is 13.4. The Kier molecular flexibility index (Phi) is 5.88. The van der Waals surface area contributed by atoms with Crippen LogP contribution in [0.5, 0.6) is 0 Å². The van der Waals surface area contributed by atoms with Gasteiger partial charge in [-0.05, 0) is 86.5 Å². The Hall–Kier alpha value is -0.900. The molecule has 0 bridgehead atoms. The predicted molar refractivity (Wildman–Crippen MR) is 115 cm³/mol. The maximum absolute atomic E-state index is 10.1. The van der Waals surface area contributed by atoms with E-state index in [2.05, 4.69) is 37.9 Å². The lowest BCUT2D eigenvalue weighted by Crippen LogP contribution is -2.36. The molecule has 0 aromatic rings. The lowest BCUT2D eigenvalue weighted by Gasteiger charge is -2.44. The summed E-state index contributed by atoms with van der Waals surface area (Å²) < 4.78 is 0. The fourth-order valence-electron chi connectivity index (χ4n) is 6.59. The number of allylic oxidation sites excluding steroid dienone is 3. The zero-order chi connectivity index (χ0) is 19.9. The lowest BCUT2D eigenvalue weighted by atomic mass is 9.60. The number of hydrogen-bond donors (Lipinski definition) is 3. The van der Waals surface area contributed by atoms with Crippen molar-refractivity contribution >= 4 is 0 Å². The van der Waals surface area contributed by atoms with E-state index in [1.54, 1.807) is 5.57 Å². The van der Waals surface area contributed by atoms with Crippen LogP contribution in [0.2, 0.25) is 0 Å². The van der Waals surface area contributed by atoms with Gasteiger partial charge in [0, 0.05) is 12.6 Å².